The van der Waals surface area contributed by atoms with Crippen molar-refractivity contribution in [3.63, 3.8) is 0 Å². The number of halogens is 1. The van der Waals surface area contributed by atoms with Crippen LogP contribution in [0, 0.1) is 6.92 Å². The summed E-state index contributed by atoms with van der Waals surface area (Å²) in [7, 11) is 0. The molecule has 4 rings (SSSR count). The van der Waals surface area contributed by atoms with Gasteiger partial charge in [-0.3, -0.25) is 14.2 Å². The van der Waals surface area contributed by atoms with Crippen molar-refractivity contribution in [2.75, 3.05) is 0 Å². The first kappa shape index (κ1) is 18.7. The number of benzene rings is 2. The van der Waals surface area contributed by atoms with Crippen LogP contribution in [0.1, 0.15) is 36.9 Å². The van der Waals surface area contributed by atoms with E-state index in [1.165, 1.54) is 10.9 Å². The lowest BCUT2D eigenvalue weighted by Gasteiger charge is -2.30. The van der Waals surface area contributed by atoms with Crippen LogP contribution in [0.3, 0.4) is 0 Å². The van der Waals surface area contributed by atoms with Gasteiger partial charge in [-0.25, -0.2) is 4.98 Å². The number of carbonyl (C=O) groups excluding carboxylic acids is 1. The molecular weight excluding hydrogens is 374 g/mol. The van der Waals surface area contributed by atoms with E-state index in [0.717, 1.165) is 24.0 Å². The van der Waals surface area contributed by atoms with Crippen molar-refractivity contribution in [2.24, 2.45) is 0 Å². The maximum absolute atomic E-state index is 13.1. The number of fused-ring (bicyclic) bond motifs is 1. The highest BCUT2D eigenvalue weighted by Crippen LogP contribution is 2.34. The van der Waals surface area contributed by atoms with Crippen LogP contribution in [0.25, 0.3) is 10.9 Å². The van der Waals surface area contributed by atoms with E-state index in [2.05, 4.69) is 4.98 Å². The molecular formula is C22H22ClN3O2. The zero-order valence-corrected chi connectivity index (χ0v) is 16.7. The van der Waals surface area contributed by atoms with Gasteiger partial charge in [0.2, 0.25) is 5.91 Å². The van der Waals surface area contributed by atoms with Gasteiger partial charge in [-0.1, -0.05) is 35.9 Å². The SMILES string of the molecule is Cc1cccc2c(=O)n(CC(=O)N(C3CC3)C(C)c3ccc(Cl)cc3)cnc12. The Bertz CT molecular complexity index is 1090. The Labute approximate surface area is 168 Å². The molecule has 1 atom stereocenters. The lowest BCUT2D eigenvalue weighted by Crippen LogP contribution is -2.39. The van der Waals surface area contributed by atoms with Crippen molar-refractivity contribution >= 4 is 28.4 Å². The normalized spacial score (nSPS) is 14.8. The van der Waals surface area contributed by atoms with Crippen LogP contribution in [0.5, 0.6) is 0 Å². The second kappa shape index (κ2) is 7.40. The van der Waals surface area contributed by atoms with Crippen LogP contribution in [0.15, 0.2) is 53.6 Å². The van der Waals surface area contributed by atoms with Gasteiger partial charge in [0.1, 0.15) is 6.54 Å². The molecule has 1 fully saturated rings. The Kier molecular flexibility index (Phi) is 4.94. The molecule has 144 valence electrons. The maximum Gasteiger partial charge on any atom is 0.261 e. The molecule has 5 nitrogen and oxygen atoms in total. The van der Waals surface area contributed by atoms with E-state index >= 15 is 0 Å². The summed E-state index contributed by atoms with van der Waals surface area (Å²) >= 11 is 5.99. The Morgan fingerprint density at radius 3 is 2.64 bits per heavy atom. The number of aromatic nitrogens is 2. The first-order valence-corrected chi connectivity index (χ1v) is 9.85. The number of aryl methyl sites for hydroxylation is 1. The number of rotatable bonds is 5. The predicted octanol–water partition coefficient (Wildman–Crippen LogP) is 4.11. The largest absolute Gasteiger partial charge is 0.331 e. The van der Waals surface area contributed by atoms with Gasteiger partial charge in [0.05, 0.1) is 23.3 Å². The molecule has 1 amide bonds. The van der Waals surface area contributed by atoms with E-state index < -0.39 is 0 Å². The van der Waals surface area contributed by atoms with Gasteiger partial charge in [0.15, 0.2) is 0 Å². The first-order chi connectivity index (χ1) is 13.5. The molecule has 0 saturated heterocycles. The van der Waals surface area contributed by atoms with E-state index in [1.807, 2.05) is 55.1 Å². The highest BCUT2D eigenvalue weighted by atomic mass is 35.5. The first-order valence-electron chi connectivity index (χ1n) is 9.47. The van der Waals surface area contributed by atoms with E-state index in [1.54, 1.807) is 6.07 Å². The van der Waals surface area contributed by atoms with Gasteiger partial charge in [0.25, 0.3) is 5.56 Å². The lowest BCUT2D eigenvalue weighted by molar-refractivity contribution is -0.134. The molecule has 0 aliphatic heterocycles. The van der Waals surface area contributed by atoms with Crippen molar-refractivity contribution in [2.45, 2.75) is 45.3 Å². The lowest BCUT2D eigenvalue weighted by atomic mass is 10.1. The second-order valence-electron chi connectivity index (χ2n) is 7.41. The second-order valence-corrected chi connectivity index (χ2v) is 7.84. The molecule has 1 unspecified atom stereocenters. The summed E-state index contributed by atoms with van der Waals surface area (Å²) in [5.74, 6) is -0.0687. The fourth-order valence-electron chi connectivity index (χ4n) is 3.67. The van der Waals surface area contributed by atoms with E-state index in [0.29, 0.717) is 15.9 Å². The zero-order chi connectivity index (χ0) is 19.8. The summed E-state index contributed by atoms with van der Waals surface area (Å²) in [6.07, 6.45) is 3.47. The average molecular weight is 396 g/mol. The molecule has 28 heavy (non-hydrogen) atoms. The van der Waals surface area contributed by atoms with Crippen LogP contribution in [-0.4, -0.2) is 26.4 Å². The number of hydrogen-bond donors (Lipinski definition) is 0. The quantitative estimate of drug-likeness (QED) is 0.653. The monoisotopic (exact) mass is 395 g/mol. The minimum atomic E-state index is -0.183. The number of hydrogen-bond acceptors (Lipinski definition) is 3. The van der Waals surface area contributed by atoms with E-state index in [4.69, 9.17) is 11.6 Å². The summed E-state index contributed by atoms with van der Waals surface area (Å²) in [6, 6.07) is 13.2. The summed E-state index contributed by atoms with van der Waals surface area (Å²) in [5, 5.41) is 1.21. The fraction of sp³-hybridized carbons (Fsp3) is 0.318. The average Bonchev–Trinajstić information content (AvgIpc) is 3.50. The van der Waals surface area contributed by atoms with Gasteiger partial charge in [-0.2, -0.15) is 0 Å². The number of amides is 1. The van der Waals surface area contributed by atoms with Gasteiger partial charge >= 0.3 is 0 Å². The molecule has 1 heterocycles. The van der Waals surface area contributed by atoms with Crippen molar-refractivity contribution in [1.82, 2.24) is 14.5 Å². The molecule has 0 N–H and O–H groups in total. The Morgan fingerprint density at radius 2 is 1.96 bits per heavy atom. The van der Waals surface area contributed by atoms with Crippen LogP contribution in [-0.2, 0) is 11.3 Å². The third kappa shape index (κ3) is 3.54. The van der Waals surface area contributed by atoms with Crippen LogP contribution in [0.4, 0.5) is 0 Å². The molecule has 1 saturated carbocycles. The summed E-state index contributed by atoms with van der Waals surface area (Å²) < 4.78 is 1.41. The number of nitrogens with zero attached hydrogens (tertiary/aromatic N) is 3. The summed E-state index contributed by atoms with van der Waals surface area (Å²) in [5.41, 5.74) is 2.48. The van der Waals surface area contributed by atoms with Crippen LogP contribution >= 0.6 is 11.6 Å². The van der Waals surface area contributed by atoms with Crippen LogP contribution < -0.4 is 5.56 Å². The zero-order valence-electron chi connectivity index (χ0n) is 15.9. The Hall–Kier alpha value is -2.66. The molecule has 2 aromatic carbocycles. The topological polar surface area (TPSA) is 55.2 Å². The number of para-hydroxylation sites is 1. The third-order valence-electron chi connectivity index (χ3n) is 5.36. The smallest absolute Gasteiger partial charge is 0.261 e. The van der Waals surface area contributed by atoms with E-state index in [9.17, 15) is 9.59 Å². The third-order valence-corrected chi connectivity index (χ3v) is 5.61. The number of carbonyl (C=O) groups is 1. The van der Waals surface area contributed by atoms with Crippen molar-refractivity contribution in [3.8, 4) is 0 Å². The molecule has 3 aromatic rings. The Morgan fingerprint density at radius 1 is 1.25 bits per heavy atom. The van der Waals surface area contributed by atoms with Gasteiger partial charge in [-0.15, -0.1) is 0 Å². The van der Waals surface area contributed by atoms with Crippen molar-refractivity contribution < 1.29 is 4.79 Å². The van der Waals surface area contributed by atoms with Gasteiger partial charge < -0.3 is 4.90 Å². The van der Waals surface area contributed by atoms with Gasteiger partial charge in [0, 0.05) is 11.1 Å². The molecule has 1 aliphatic carbocycles. The summed E-state index contributed by atoms with van der Waals surface area (Å²) in [6.45, 7) is 3.93. The minimum absolute atomic E-state index is 0.00978. The van der Waals surface area contributed by atoms with Crippen molar-refractivity contribution in [3.05, 3.63) is 75.3 Å². The minimum Gasteiger partial charge on any atom is -0.331 e. The molecule has 0 spiro atoms. The molecule has 1 aromatic heterocycles. The molecule has 0 radical (unpaired) electrons. The summed E-state index contributed by atoms with van der Waals surface area (Å²) in [4.78, 5) is 32.3. The standard InChI is InChI=1S/C22H22ClN3O2/c1-14-4-3-5-19-21(14)24-13-25(22(19)28)12-20(27)26(18-10-11-18)15(2)16-6-8-17(23)9-7-16/h3-9,13,15,18H,10-12H2,1-2H3. The van der Waals surface area contributed by atoms with Crippen molar-refractivity contribution in [1.29, 1.82) is 0 Å². The fourth-order valence-corrected chi connectivity index (χ4v) is 3.79. The highest BCUT2D eigenvalue weighted by Gasteiger charge is 2.36. The highest BCUT2D eigenvalue weighted by molar-refractivity contribution is 6.30. The van der Waals surface area contributed by atoms with Gasteiger partial charge in [-0.05, 0) is 56.0 Å². The maximum atomic E-state index is 13.1. The predicted molar refractivity (Wildman–Crippen MR) is 110 cm³/mol. The molecule has 1 aliphatic rings. The molecule has 6 heteroatoms. The Balaban J connectivity index is 1.62. The van der Waals surface area contributed by atoms with E-state index in [-0.39, 0.29) is 30.1 Å². The van der Waals surface area contributed by atoms with Crippen LogP contribution in [0.2, 0.25) is 5.02 Å². The molecule has 0 bridgehead atoms.